The Bertz CT molecular complexity index is 519. The number of allylic oxidation sites excluding steroid dienone is 7. The summed E-state index contributed by atoms with van der Waals surface area (Å²) in [5.74, 6) is 0.726. The van der Waals surface area contributed by atoms with Gasteiger partial charge in [-0.05, 0) is 39.2 Å². The van der Waals surface area contributed by atoms with Gasteiger partial charge in [0, 0.05) is 25.7 Å². The Morgan fingerprint density at radius 3 is 2.52 bits per heavy atom. The van der Waals surface area contributed by atoms with Crippen LogP contribution in [-0.4, -0.2) is 49.7 Å². The second kappa shape index (κ2) is 8.27. The number of likely N-dealkylation sites (N-methyl/N-ethyl adjacent to an activating group) is 2. The third-order valence-electron chi connectivity index (χ3n) is 3.10. The van der Waals surface area contributed by atoms with Gasteiger partial charge in [0.05, 0.1) is 11.4 Å². The van der Waals surface area contributed by atoms with Crippen molar-refractivity contribution in [2.24, 2.45) is 10.7 Å². The maximum Gasteiger partial charge on any atom is 0.108 e. The van der Waals surface area contributed by atoms with Crippen molar-refractivity contribution >= 4 is 5.71 Å². The molecule has 0 unspecified atom stereocenters. The van der Waals surface area contributed by atoms with E-state index in [2.05, 4.69) is 16.5 Å². The molecule has 114 valence electrons. The molecule has 0 atom stereocenters. The van der Waals surface area contributed by atoms with Gasteiger partial charge in [0.15, 0.2) is 0 Å². The summed E-state index contributed by atoms with van der Waals surface area (Å²) < 4.78 is 0. The van der Waals surface area contributed by atoms with Gasteiger partial charge in [0.25, 0.3) is 0 Å². The quantitative estimate of drug-likeness (QED) is 0.762. The topological polar surface area (TPSA) is 44.9 Å². The first-order chi connectivity index (χ1) is 9.95. The molecule has 1 aliphatic carbocycles. The molecule has 0 amide bonds. The molecule has 0 heterocycles. The second-order valence-corrected chi connectivity index (χ2v) is 5.23. The van der Waals surface area contributed by atoms with E-state index in [1.54, 1.807) is 0 Å². The minimum atomic E-state index is 0.716. The van der Waals surface area contributed by atoms with Crippen LogP contribution in [0.5, 0.6) is 0 Å². The van der Waals surface area contributed by atoms with Gasteiger partial charge in [-0.1, -0.05) is 24.8 Å². The first-order valence-electron chi connectivity index (χ1n) is 7.06. The van der Waals surface area contributed by atoms with Crippen LogP contribution in [0.15, 0.2) is 65.1 Å². The molecular formula is C17H26N4. The first-order valence-corrected chi connectivity index (χ1v) is 7.06. The first kappa shape index (κ1) is 17.0. The Balaban J connectivity index is 2.99. The molecule has 4 nitrogen and oxygen atoms in total. The van der Waals surface area contributed by atoms with Gasteiger partial charge in [-0.3, -0.25) is 0 Å². The minimum absolute atomic E-state index is 0.716. The molecule has 0 aromatic heterocycles. The van der Waals surface area contributed by atoms with Crippen LogP contribution in [0.4, 0.5) is 0 Å². The van der Waals surface area contributed by atoms with E-state index in [0.717, 1.165) is 30.2 Å². The van der Waals surface area contributed by atoms with Crippen LogP contribution in [0, 0.1) is 0 Å². The lowest BCUT2D eigenvalue weighted by Gasteiger charge is -2.24. The third kappa shape index (κ3) is 5.44. The van der Waals surface area contributed by atoms with Crippen LogP contribution < -0.4 is 5.73 Å². The average molecular weight is 286 g/mol. The van der Waals surface area contributed by atoms with Crippen molar-refractivity contribution < 1.29 is 0 Å². The highest BCUT2D eigenvalue weighted by Crippen LogP contribution is 2.15. The van der Waals surface area contributed by atoms with Crippen LogP contribution in [0.1, 0.15) is 6.92 Å². The zero-order valence-electron chi connectivity index (χ0n) is 13.5. The van der Waals surface area contributed by atoms with E-state index in [-0.39, 0.29) is 0 Å². The van der Waals surface area contributed by atoms with Crippen molar-refractivity contribution in [3.63, 3.8) is 0 Å². The molecule has 2 N–H and O–H groups in total. The molecule has 0 spiro atoms. The van der Waals surface area contributed by atoms with Gasteiger partial charge >= 0.3 is 0 Å². The number of nitrogens with two attached hydrogens (primary N) is 1. The van der Waals surface area contributed by atoms with Crippen molar-refractivity contribution in [3.8, 4) is 0 Å². The van der Waals surface area contributed by atoms with Gasteiger partial charge in [0.1, 0.15) is 5.82 Å². The molecule has 0 radical (unpaired) electrons. The molecule has 1 aliphatic rings. The van der Waals surface area contributed by atoms with E-state index in [9.17, 15) is 0 Å². The van der Waals surface area contributed by atoms with Crippen molar-refractivity contribution in [2.45, 2.75) is 6.92 Å². The monoisotopic (exact) mass is 286 g/mol. The van der Waals surface area contributed by atoms with E-state index in [1.807, 2.05) is 69.4 Å². The fraction of sp³-hybridized carbons (Fsp3) is 0.353. The molecule has 0 bridgehead atoms. The SMILES string of the molecule is C=C(/C=C/C)/N=C1/C=CC=C/C1=C(/N)N(C)CCN(C)C. The predicted molar refractivity (Wildman–Crippen MR) is 92.1 cm³/mol. The molecular weight excluding hydrogens is 260 g/mol. The van der Waals surface area contributed by atoms with E-state index >= 15 is 0 Å². The van der Waals surface area contributed by atoms with Crippen LogP contribution in [-0.2, 0) is 0 Å². The zero-order chi connectivity index (χ0) is 15.8. The lowest BCUT2D eigenvalue weighted by molar-refractivity contribution is 0.323. The number of hydrogen-bond donors (Lipinski definition) is 1. The van der Waals surface area contributed by atoms with E-state index in [1.165, 1.54) is 0 Å². The standard InChI is InChI=1S/C17H26N4/c1-6-9-14(2)19-16-11-8-7-10-15(16)17(18)21(5)13-12-20(3)4/h6-11H,2,12-13,18H2,1,3-5H3/b9-6+,17-15+,19-16-. The van der Waals surface area contributed by atoms with Gasteiger partial charge in [-0.25, -0.2) is 4.99 Å². The van der Waals surface area contributed by atoms with Crippen molar-refractivity contribution in [2.75, 3.05) is 34.2 Å². The maximum atomic E-state index is 6.29. The summed E-state index contributed by atoms with van der Waals surface area (Å²) in [5, 5.41) is 0. The molecule has 21 heavy (non-hydrogen) atoms. The van der Waals surface area contributed by atoms with Crippen LogP contribution in [0.3, 0.4) is 0 Å². The normalized spacial score (nSPS) is 18.8. The summed E-state index contributed by atoms with van der Waals surface area (Å²) >= 11 is 0. The molecule has 0 aromatic carbocycles. The van der Waals surface area contributed by atoms with Gasteiger partial charge in [-0.15, -0.1) is 0 Å². The van der Waals surface area contributed by atoms with E-state index < -0.39 is 0 Å². The third-order valence-corrected chi connectivity index (χ3v) is 3.10. The molecule has 1 rings (SSSR count). The molecule has 0 fully saturated rings. The fourth-order valence-electron chi connectivity index (χ4n) is 1.85. The van der Waals surface area contributed by atoms with Crippen molar-refractivity contribution in [1.82, 2.24) is 9.80 Å². The van der Waals surface area contributed by atoms with Crippen LogP contribution in [0.25, 0.3) is 0 Å². The predicted octanol–water partition coefficient (Wildman–Crippen LogP) is 2.31. The Labute approximate surface area is 128 Å². The lowest BCUT2D eigenvalue weighted by Crippen LogP contribution is -2.33. The second-order valence-electron chi connectivity index (χ2n) is 5.23. The summed E-state index contributed by atoms with van der Waals surface area (Å²) in [6.45, 7) is 7.68. The number of hydrogen-bond acceptors (Lipinski definition) is 4. The highest BCUT2D eigenvalue weighted by molar-refractivity contribution is 6.12. The highest BCUT2D eigenvalue weighted by atomic mass is 15.2. The Morgan fingerprint density at radius 2 is 1.90 bits per heavy atom. The average Bonchev–Trinajstić information content (AvgIpc) is 2.44. The Kier molecular flexibility index (Phi) is 6.69. The Morgan fingerprint density at radius 1 is 1.24 bits per heavy atom. The number of aliphatic imine (C=N–C) groups is 1. The van der Waals surface area contributed by atoms with Crippen LogP contribution >= 0.6 is 0 Å². The van der Waals surface area contributed by atoms with Crippen LogP contribution in [0.2, 0.25) is 0 Å². The molecule has 4 heteroatoms. The molecule has 0 saturated heterocycles. The zero-order valence-corrected chi connectivity index (χ0v) is 13.5. The lowest BCUT2D eigenvalue weighted by atomic mass is 10.0. The summed E-state index contributed by atoms with van der Waals surface area (Å²) in [4.78, 5) is 8.71. The molecule has 0 aliphatic heterocycles. The molecule has 0 saturated carbocycles. The van der Waals surface area contributed by atoms with Gasteiger partial charge in [0.2, 0.25) is 0 Å². The van der Waals surface area contributed by atoms with Gasteiger partial charge < -0.3 is 15.5 Å². The summed E-state index contributed by atoms with van der Waals surface area (Å²) in [6, 6.07) is 0. The van der Waals surface area contributed by atoms with E-state index in [4.69, 9.17) is 5.73 Å². The fourth-order valence-corrected chi connectivity index (χ4v) is 1.85. The number of nitrogens with zero attached hydrogens (tertiary/aromatic N) is 3. The minimum Gasteiger partial charge on any atom is -0.385 e. The largest absolute Gasteiger partial charge is 0.385 e. The summed E-state index contributed by atoms with van der Waals surface area (Å²) in [5.41, 5.74) is 8.79. The maximum absolute atomic E-state index is 6.29. The summed E-state index contributed by atoms with van der Waals surface area (Å²) in [7, 11) is 6.10. The summed E-state index contributed by atoms with van der Waals surface area (Å²) in [6.07, 6.45) is 11.7. The van der Waals surface area contributed by atoms with Crippen molar-refractivity contribution in [3.05, 3.63) is 60.1 Å². The number of rotatable bonds is 6. The van der Waals surface area contributed by atoms with Gasteiger partial charge in [-0.2, -0.15) is 0 Å². The highest BCUT2D eigenvalue weighted by Gasteiger charge is 2.12. The van der Waals surface area contributed by atoms with Crippen molar-refractivity contribution in [1.29, 1.82) is 0 Å². The smallest absolute Gasteiger partial charge is 0.108 e. The Hall–Kier alpha value is -2.07. The van der Waals surface area contributed by atoms with E-state index in [0.29, 0.717) is 5.70 Å². The molecule has 0 aromatic rings.